The first-order valence-electron chi connectivity index (χ1n) is 6.43. The van der Waals surface area contributed by atoms with Crippen molar-refractivity contribution >= 4 is 50.5 Å². The summed E-state index contributed by atoms with van der Waals surface area (Å²) in [6, 6.07) is 2.17. The molecule has 3 aliphatic rings. The zero-order valence-corrected chi connectivity index (χ0v) is 13.4. The van der Waals surface area contributed by atoms with Crippen molar-refractivity contribution in [1.29, 1.82) is 0 Å². The summed E-state index contributed by atoms with van der Waals surface area (Å²) in [4.78, 5) is 18.3. The lowest BCUT2D eigenvalue weighted by atomic mass is 9.87. The Labute approximate surface area is 128 Å². The third-order valence-corrected chi connectivity index (χ3v) is 7.09. The monoisotopic (exact) mass is 353 g/mol. The number of nitrogens with zero attached hydrogens (tertiary/aromatic N) is 1. The maximum absolute atomic E-state index is 12.2. The second-order valence-corrected chi connectivity index (χ2v) is 8.18. The van der Waals surface area contributed by atoms with Gasteiger partial charge in [-0.3, -0.25) is 9.79 Å². The molecule has 2 nitrogen and oxygen atoms in total. The molecule has 2 aliphatic heterocycles. The number of hydrogen-bond donors (Lipinski definition) is 0. The third-order valence-electron chi connectivity index (χ3n) is 3.97. The number of Topliss-reactive ketones (excluding diaryl/α,β-unsaturated/α-hetero) is 1. The van der Waals surface area contributed by atoms with Crippen LogP contribution in [-0.4, -0.2) is 22.5 Å². The molecule has 2 unspecified atom stereocenters. The number of aliphatic imine (C=N–C) groups is 1. The molecule has 0 saturated carbocycles. The average Bonchev–Trinajstić information content (AvgIpc) is 3.08. The van der Waals surface area contributed by atoms with Crippen LogP contribution >= 0.6 is 39.0 Å². The second-order valence-electron chi connectivity index (χ2n) is 5.07. The largest absolute Gasteiger partial charge is 0.294 e. The SMILES string of the molecule is O=C1CCC2=C1C(c1cc(Br)cs1)C1SCCC1=N2. The predicted molar refractivity (Wildman–Crippen MR) is 84.3 cm³/mol. The highest BCUT2D eigenvalue weighted by Crippen LogP contribution is 2.49. The quantitative estimate of drug-likeness (QED) is 0.758. The van der Waals surface area contributed by atoms with Crippen LogP contribution in [0.15, 0.2) is 32.2 Å². The van der Waals surface area contributed by atoms with Crippen LogP contribution in [0.4, 0.5) is 0 Å². The van der Waals surface area contributed by atoms with Crippen LogP contribution < -0.4 is 0 Å². The number of fused-ring (bicyclic) bond motifs is 1. The van der Waals surface area contributed by atoms with E-state index in [1.54, 1.807) is 11.3 Å². The Bertz CT molecular complexity index is 631. The van der Waals surface area contributed by atoms with Crippen LogP contribution in [0.2, 0.25) is 0 Å². The summed E-state index contributed by atoms with van der Waals surface area (Å²) in [5.74, 6) is 1.71. The molecule has 5 heteroatoms. The number of rotatable bonds is 1. The lowest BCUT2D eigenvalue weighted by molar-refractivity contribution is -0.115. The second kappa shape index (κ2) is 4.57. The van der Waals surface area contributed by atoms with Gasteiger partial charge in [0, 0.05) is 44.1 Å². The van der Waals surface area contributed by atoms with Crippen molar-refractivity contribution in [2.45, 2.75) is 30.4 Å². The maximum Gasteiger partial charge on any atom is 0.161 e. The molecule has 0 radical (unpaired) electrons. The zero-order chi connectivity index (χ0) is 13.0. The predicted octanol–water partition coefficient (Wildman–Crippen LogP) is 4.17. The lowest BCUT2D eigenvalue weighted by Crippen LogP contribution is -2.27. The van der Waals surface area contributed by atoms with E-state index < -0.39 is 0 Å². The highest BCUT2D eigenvalue weighted by Gasteiger charge is 2.43. The van der Waals surface area contributed by atoms with Crippen molar-refractivity contribution in [3.8, 4) is 0 Å². The third kappa shape index (κ3) is 1.89. The summed E-state index contributed by atoms with van der Waals surface area (Å²) < 4.78 is 1.12. The topological polar surface area (TPSA) is 29.4 Å². The number of hydrogen-bond acceptors (Lipinski definition) is 4. The first-order valence-corrected chi connectivity index (χ1v) is 9.15. The minimum absolute atomic E-state index is 0.251. The molecule has 1 aromatic heterocycles. The van der Waals surface area contributed by atoms with Gasteiger partial charge in [-0.2, -0.15) is 11.8 Å². The molecule has 1 aromatic rings. The van der Waals surface area contributed by atoms with E-state index in [9.17, 15) is 4.79 Å². The Morgan fingerprint density at radius 3 is 3.00 bits per heavy atom. The van der Waals surface area contributed by atoms with E-state index in [4.69, 9.17) is 4.99 Å². The molecule has 3 heterocycles. The molecule has 0 amide bonds. The highest BCUT2D eigenvalue weighted by molar-refractivity contribution is 9.10. The van der Waals surface area contributed by atoms with E-state index in [1.807, 2.05) is 11.8 Å². The highest BCUT2D eigenvalue weighted by atomic mass is 79.9. The van der Waals surface area contributed by atoms with E-state index in [2.05, 4.69) is 27.4 Å². The van der Waals surface area contributed by atoms with E-state index in [0.717, 1.165) is 34.3 Å². The first-order chi connectivity index (χ1) is 9.24. The van der Waals surface area contributed by atoms with Crippen LogP contribution in [0.25, 0.3) is 0 Å². The molecule has 0 spiro atoms. The smallest absolute Gasteiger partial charge is 0.161 e. The van der Waals surface area contributed by atoms with E-state index in [-0.39, 0.29) is 5.92 Å². The minimum Gasteiger partial charge on any atom is -0.294 e. The molecule has 19 heavy (non-hydrogen) atoms. The Morgan fingerprint density at radius 2 is 2.21 bits per heavy atom. The summed E-state index contributed by atoms with van der Waals surface area (Å²) in [5.41, 5.74) is 3.40. The molecule has 2 atom stereocenters. The van der Waals surface area contributed by atoms with Gasteiger partial charge in [0.2, 0.25) is 0 Å². The summed E-state index contributed by atoms with van der Waals surface area (Å²) >= 11 is 7.25. The summed E-state index contributed by atoms with van der Waals surface area (Å²) in [7, 11) is 0. The Morgan fingerprint density at radius 1 is 1.32 bits per heavy atom. The fraction of sp³-hybridized carbons (Fsp3) is 0.429. The van der Waals surface area contributed by atoms with Crippen molar-refractivity contribution in [1.82, 2.24) is 0 Å². The normalized spacial score (nSPS) is 29.5. The number of carbonyl (C=O) groups excluding carboxylic acids is 1. The lowest BCUT2D eigenvalue weighted by Gasteiger charge is -2.27. The van der Waals surface area contributed by atoms with Gasteiger partial charge in [0.1, 0.15) is 0 Å². The van der Waals surface area contributed by atoms with Crippen LogP contribution in [0.1, 0.15) is 30.1 Å². The van der Waals surface area contributed by atoms with Crippen molar-refractivity contribution in [2.75, 3.05) is 5.75 Å². The van der Waals surface area contributed by atoms with Gasteiger partial charge in [0.25, 0.3) is 0 Å². The molecule has 0 N–H and O–H groups in total. The minimum atomic E-state index is 0.251. The Balaban J connectivity index is 1.86. The molecule has 0 bridgehead atoms. The van der Waals surface area contributed by atoms with Gasteiger partial charge < -0.3 is 0 Å². The number of ketones is 1. The Kier molecular flexibility index (Phi) is 2.97. The van der Waals surface area contributed by atoms with Gasteiger partial charge in [-0.25, -0.2) is 0 Å². The maximum atomic E-state index is 12.2. The summed E-state index contributed by atoms with van der Waals surface area (Å²) in [6.07, 6.45) is 2.59. The van der Waals surface area contributed by atoms with E-state index >= 15 is 0 Å². The number of thioether (sulfide) groups is 1. The van der Waals surface area contributed by atoms with Crippen LogP contribution in [0.3, 0.4) is 0 Å². The van der Waals surface area contributed by atoms with Gasteiger partial charge in [0.05, 0.1) is 5.25 Å². The summed E-state index contributed by atoms with van der Waals surface area (Å²) in [6.45, 7) is 0. The summed E-state index contributed by atoms with van der Waals surface area (Å²) in [5, 5.41) is 2.51. The van der Waals surface area contributed by atoms with Gasteiger partial charge in [0.15, 0.2) is 5.78 Å². The number of halogens is 1. The van der Waals surface area contributed by atoms with E-state index in [1.165, 1.54) is 10.6 Å². The van der Waals surface area contributed by atoms with Crippen LogP contribution in [0, 0.1) is 0 Å². The number of carbonyl (C=O) groups is 1. The van der Waals surface area contributed by atoms with Gasteiger partial charge in [-0.05, 0) is 40.6 Å². The number of allylic oxidation sites excluding steroid dienone is 2. The van der Waals surface area contributed by atoms with E-state index in [0.29, 0.717) is 17.5 Å². The van der Waals surface area contributed by atoms with Crippen molar-refractivity contribution in [2.24, 2.45) is 4.99 Å². The molecule has 1 aliphatic carbocycles. The molecular formula is C14H12BrNOS2. The van der Waals surface area contributed by atoms with Crippen LogP contribution in [0.5, 0.6) is 0 Å². The van der Waals surface area contributed by atoms with Crippen LogP contribution in [-0.2, 0) is 4.79 Å². The van der Waals surface area contributed by atoms with Crippen molar-refractivity contribution in [3.05, 3.63) is 32.1 Å². The number of thiophene rings is 1. The zero-order valence-electron chi connectivity index (χ0n) is 10.2. The molecule has 1 fully saturated rings. The van der Waals surface area contributed by atoms with Crippen molar-refractivity contribution in [3.63, 3.8) is 0 Å². The standard InChI is InChI=1S/C14H12BrNOS2/c15-7-5-11(19-6-7)13-12-8(1-2-10(12)17)16-9-3-4-18-14(9)13/h5-6,13-14H,1-4H2. The molecule has 4 rings (SSSR count). The van der Waals surface area contributed by atoms with Crippen molar-refractivity contribution < 1.29 is 4.79 Å². The fourth-order valence-corrected chi connectivity index (χ4v) is 6.27. The fourth-order valence-electron chi connectivity index (χ4n) is 3.18. The molecule has 0 aromatic carbocycles. The first kappa shape index (κ1) is 12.4. The van der Waals surface area contributed by atoms with Gasteiger partial charge >= 0.3 is 0 Å². The molecule has 98 valence electrons. The Hall–Kier alpha value is -0.390. The van der Waals surface area contributed by atoms with Gasteiger partial charge in [-0.1, -0.05) is 0 Å². The average molecular weight is 354 g/mol. The molecule has 1 saturated heterocycles. The molecular weight excluding hydrogens is 342 g/mol. The van der Waals surface area contributed by atoms with Gasteiger partial charge in [-0.15, -0.1) is 11.3 Å².